The minimum Gasteiger partial charge on any atom is -0.498 e. The van der Waals surface area contributed by atoms with Crippen LogP contribution in [0, 0.1) is 0 Å². The summed E-state index contributed by atoms with van der Waals surface area (Å²) in [5.74, 6) is 0.526. The Hall–Kier alpha value is -1.52. The van der Waals surface area contributed by atoms with E-state index in [0.717, 1.165) is 12.8 Å². The van der Waals surface area contributed by atoms with Crippen LogP contribution in [0.4, 0.5) is 0 Å². The van der Waals surface area contributed by atoms with E-state index in [1.54, 1.807) is 0 Å². The third kappa shape index (κ3) is 5.32. The largest absolute Gasteiger partial charge is 0.498 e. The van der Waals surface area contributed by atoms with Crippen molar-refractivity contribution >= 4 is 11.8 Å². The number of amides is 2. The zero-order valence-electron chi connectivity index (χ0n) is 12.2. The molecule has 1 atom stereocenters. The summed E-state index contributed by atoms with van der Waals surface area (Å²) >= 11 is 0. The van der Waals surface area contributed by atoms with Crippen LogP contribution in [-0.4, -0.2) is 30.5 Å². The molecule has 0 aromatic carbocycles. The van der Waals surface area contributed by atoms with Crippen LogP contribution in [0.1, 0.15) is 47.0 Å². The molecule has 1 rings (SSSR count). The summed E-state index contributed by atoms with van der Waals surface area (Å²) in [6.45, 7) is 8.14. The molecule has 1 aliphatic heterocycles. The first-order chi connectivity index (χ1) is 8.90. The molecule has 0 saturated heterocycles. The first-order valence-corrected chi connectivity index (χ1v) is 6.83. The van der Waals surface area contributed by atoms with Crippen LogP contribution in [0.2, 0.25) is 0 Å². The number of hydrogen-bond donors (Lipinski definition) is 2. The Labute approximate surface area is 114 Å². The summed E-state index contributed by atoms with van der Waals surface area (Å²) in [6, 6.07) is -0.0689. The third-order valence-corrected chi connectivity index (χ3v) is 2.91. The average molecular weight is 268 g/mol. The van der Waals surface area contributed by atoms with E-state index in [-0.39, 0.29) is 30.3 Å². The summed E-state index contributed by atoms with van der Waals surface area (Å²) in [4.78, 5) is 23.6. The fourth-order valence-corrected chi connectivity index (χ4v) is 2.03. The van der Waals surface area contributed by atoms with Gasteiger partial charge in [0.15, 0.2) is 0 Å². The van der Waals surface area contributed by atoms with Gasteiger partial charge in [0.2, 0.25) is 5.91 Å². The first kappa shape index (κ1) is 15.5. The normalized spacial score (nSPS) is 16.9. The molecule has 0 fully saturated rings. The minimum absolute atomic E-state index is 0.0478. The third-order valence-electron chi connectivity index (χ3n) is 2.91. The zero-order valence-corrected chi connectivity index (χ0v) is 12.2. The van der Waals surface area contributed by atoms with Gasteiger partial charge in [-0.15, -0.1) is 0 Å². The molecule has 19 heavy (non-hydrogen) atoms. The lowest BCUT2D eigenvalue weighted by molar-refractivity contribution is -0.122. The van der Waals surface area contributed by atoms with Gasteiger partial charge in [-0.2, -0.15) is 0 Å². The van der Waals surface area contributed by atoms with Gasteiger partial charge in [-0.1, -0.05) is 0 Å². The number of carbonyl (C=O) groups excluding carboxylic acids is 2. The SMILES string of the molecule is CC1=C(C(=O)N[C@@H](C)CC(=O)NC(C)C)CCCO1. The Morgan fingerprint density at radius 2 is 1.95 bits per heavy atom. The smallest absolute Gasteiger partial charge is 0.250 e. The average Bonchev–Trinajstić information content (AvgIpc) is 2.27. The highest BCUT2D eigenvalue weighted by Gasteiger charge is 2.20. The van der Waals surface area contributed by atoms with Crippen molar-refractivity contribution in [3.63, 3.8) is 0 Å². The molecule has 5 heteroatoms. The molecule has 0 saturated carbocycles. The highest BCUT2D eigenvalue weighted by atomic mass is 16.5. The second-order valence-electron chi connectivity index (χ2n) is 5.29. The Bertz CT molecular complexity index is 375. The van der Waals surface area contributed by atoms with E-state index in [9.17, 15) is 9.59 Å². The van der Waals surface area contributed by atoms with Gasteiger partial charge in [0.1, 0.15) is 5.76 Å². The molecule has 0 spiro atoms. The van der Waals surface area contributed by atoms with Crippen molar-refractivity contribution < 1.29 is 14.3 Å². The van der Waals surface area contributed by atoms with Crippen LogP contribution < -0.4 is 10.6 Å². The Balaban J connectivity index is 2.46. The van der Waals surface area contributed by atoms with Crippen molar-refractivity contribution in [3.8, 4) is 0 Å². The molecule has 0 unspecified atom stereocenters. The fraction of sp³-hybridized carbons (Fsp3) is 0.714. The molecule has 0 aromatic heterocycles. The molecule has 0 bridgehead atoms. The Morgan fingerprint density at radius 3 is 2.53 bits per heavy atom. The summed E-state index contributed by atoms with van der Waals surface area (Å²) in [5, 5.41) is 5.65. The van der Waals surface area contributed by atoms with E-state index < -0.39 is 0 Å². The summed E-state index contributed by atoms with van der Waals surface area (Å²) in [6.07, 6.45) is 1.89. The first-order valence-electron chi connectivity index (χ1n) is 6.83. The lowest BCUT2D eigenvalue weighted by Crippen LogP contribution is -2.40. The van der Waals surface area contributed by atoms with Crippen molar-refractivity contribution in [2.24, 2.45) is 0 Å². The standard InChI is InChI=1S/C14H24N2O3/c1-9(2)15-13(17)8-10(3)16-14(18)12-6-5-7-19-11(12)4/h9-10H,5-8H2,1-4H3,(H,15,17)(H,16,18)/t10-/m0/s1. The molecule has 1 aliphatic rings. The maximum absolute atomic E-state index is 12.0. The fourth-order valence-electron chi connectivity index (χ4n) is 2.03. The van der Waals surface area contributed by atoms with E-state index in [1.807, 2.05) is 27.7 Å². The van der Waals surface area contributed by atoms with E-state index >= 15 is 0 Å². The highest BCUT2D eigenvalue weighted by molar-refractivity contribution is 5.94. The van der Waals surface area contributed by atoms with Crippen molar-refractivity contribution in [1.29, 1.82) is 0 Å². The predicted octanol–water partition coefficient (Wildman–Crippen LogP) is 1.49. The molecule has 108 valence electrons. The predicted molar refractivity (Wildman–Crippen MR) is 73.4 cm³/mol. The second-order valence-corrected chi connectivity index (χ2v) is 5.29. The molecule has 0 aromatic rings. The van der Waals surface area contributed by atoms with Crippen LogP contribution in [0.25, 0.3) is 0 Å². The molecule has 5 nitrogen and oxygen atoms in total. The van der Waals surface area contributed by atoms with Crippen molar-refractivity contribution in [2.75, 3.05) is 6.61 Å². The van der Waals surface area contributed by atoms with Gasteiger partial charge in [0.05, 0.1) is 12.2 Å². The molecule has 0 radical (unpaired) electrons. The van der Waals surface area contributed by atoms with E-state index in [2.05, 4.69) is 10.6 Å². The molecular weight excluding hydrogens is 244 g/mol. The summed E-state index contributed by atoms with van der Waals surface area (Å²) < 4.78 is 5.37. The second kappa shape index (κ2) is 7.16. The summed E-state index contributed by atoms with van der Waals surface area (Å²) in [5.41, 5.74) is 0.697. The quantitative estimate of drug-likeness (QED) is 0.794. The lowest BCUT2D eigenvalue weighted by Gasteiger charge is -2.20. The number of nitrogens with one attached hydrogen (secondary N) is 2. The van der Waals surface area contributed by atoms with Gasteiger partial charge in [-0.25, -0.2) is 0 Å². The van der Waals surface area contributed by atoms with E-state index in [1.165, 1.54) is 0 Å². The van der Waals surface area contributed by atoms with Gasteiger partial charge in [0.25, 0.3) is 5.91 Å². The van der Waals surface area contributed by atoms with E-state index in [0.29, 0.717) is 17.9 Å². The number of allylic oxidation sites excluding steroid dienone is 1. The monoisotopic (exact) mass is 268 g/mol. The highest BCUT2D eigenvalue weighted by Crippen LogP contribution is 2.18. The van der Waals surface area contributed by atoms with Crippen LogP contribution >= 0.6 is 0 Å². The van der Waals surface area contributed by atoms with Gasteiger partial charge in [0, 0.05) is 18.5 Å². The van der Waals surface area contributed by atoms with Crippen molar-refractivity contribution in [2.45, 2.75) is 59.0 Å². The van der Waals surface area contributed by atoms with Crippen LogP contribution in [0.3, 0.4) is 0 Å². The van der Waals surface area contributed by atoms with E-state index in [4.69, 9.17) is 4.74 Å². The minimum atomic E-state index is -0.187. The van der Waals surface area contributed by atoms with Crippen molar-refractivity contribution in [3.05, 3.63) is 11.3 Å². The molecular formula is C14H24N2O3. The number of ether oxygens (including phenoxy) is 1. The van der Waals surface area contributed by atoms with Gasteiger partial charge >= 0.3 is 0 Å². The zero-order chi connectivity index (χ0) is 14.4. The van der Waals surface area contributed by atoms with Gasteiger partial charge in [-0.05, 0) is 40.5 Å². The van der Waals surface area contributed by atoms with Crippen LogP contribution in [-0.2, 0) is 14.3 Å². The number of rotatable bonds is 5. The molecule has 1 heterocycles. The van der Waals surface area contributed by atoms with Gasteiger partial charge in [-0.3, -0.25) is 9.59 Å². The molecule has 2 N–H and O–H groups in total. The van der Waals surface area contributed by atoms with Crippen LogP contribution in [0.15, 0.2) is 11.3 Å². The number of hydrogen-bond acceptors (Lipinski definition) is 3. The maximum Gasteiger partial charge on any atom is 0.250 e. The Morgan fingerprint density at radius 1 is 1.26 bits per heavy atom. The topological polar surface area (TPSA) is 67.4 Å². The maximum atomic E-state index is 12.0. The molecule has 2 amide bonds. The summed E-state index contributed by atoms with van der Waals surface area (Å²) in [7, 11) is 0. The van der Waals surface area contributed by atoms with Crippen LogP contribution in [0.5, 0.6) is 0 Å². The lowest BCUT2D eigenvalue weighted by atomic mass is 10.1. The number of carbonyl (C=O) groups is 2. The van der Waals surface area contributed by atoms with Crippen molar-refractivity contribution in [1.82, 2.24) is 10.6 Å². The van der Waals surface area contributed by atoms with Gasteiger partial charge < -0.3 is 15.4 Å². The molecule has 0 aliphatic carbocycles. The Kier molecular flexibility index (Phi) is 5.86.